The number of benzene rings is 1. The summed E-state index contributed by atoms with van der Waals surface area (Å²) in [6, 6.07) is 4.16. The van der Waals surface area contributed by atoms with E-state index in [0.29, 0.717) is 0 Å². The number of hydrogen-bond acceptors (Lipinski definition) is 2. The van der Waals surface area contributed by atoms with Crippen LogP contribution in [0.3, 0.4) is 0 Å². The van der Waals surface area contributed by atoms with E-state index in [9.17, 15) is 0 Å². The highest BCUT2D eigenvalue weighted by atomic mass is 79.9. The van der Waals surface area contributed by atoms with Gasteiger partial charge >= 0.3 is 0 Å². The summed E-state index contributed by atoms with van der Waals surface area (Å²) >= 11 is 3.47. The molecule has 1 rings (SSSR count). The molecule has 0 spiro atoms. The number of rotatable bonds is 5. The molecule has 0 unspecified atom stereocenters. The number of halogens is 1. The molecule has 1 aromatic carbocycles. The lowest BCUT2D eigenvalue weighted by molar-refractivity contribution is 0.311. The van der Waals surface area contributed by atoms with Crippen LogP contribution in [0, 0.1) is 13.8 Å². The van der Waals surface area contributed by atoms with Crippen molar-refractivity contribution in [3.63, 3.8) is 0 Å². The van der Waals surface area contributed by atoms with E-state index >= 15 is 0 Å². The van der Waals surface area contributed by atoms with E-state index < -0.39 is 0 Å². The maximum Gasteiger partial charge on any atom is 0.125 e. The molecule has 0 amide bonds. The number of nitrogens with one attached hydrogen (secondary N) is 1. The largest absolute Gasteiger partial charge is 0.492 e. The third-order valence-electron chi connectivity index (χ3n) is 2.20. The highest BCUT2D eigenvalue weighted by molar-refractivity contribution is 9.10. The zero-order chi connectivity index (χ0) is 11.3. The summed E-state index contributed by atoms with van der Waals surface area (Å²) < 4.78 is 6.85. The molecule has 0 aliphatic rings. The molecule has 0 bridgehead atoms. The maximum atomic E-state index is 5.74. The zero-order valence-corrected chi connectivity index (χ0v) is 11.1. The van der Waals surface area contributed by atoms with Gasteiger partial charge in [0.05, 0.1) is 0 Å². The first-order valence-corrected chi connectivity index (χ1v) is 6.04. The van der Waals surface area contributed by atoms with Crippen molar-refractivity contribution >= 4 is 15.9 Å². The Hall–Kier alpha value is -0.540. The fourth-order valence-electron chi connectivity index (χ4n) is 1.53. The fourth-order valence-corrected chi connectivity index (χ4v) is 2.21. The van der Waals surface area contributed by atoms with Crippen LogP contribution in [0.2, 0.25) is 0 Å². The average Bonchev–Trinajstić information content (AvgIpc) is 2.15. The van der Waals surface area contributed by atoms with Crippen molar-refractivity contribution in [3.05, 3.63) is 27.7 Å². The van der Waals surface area contributed by atoms with Crippen LogP contribution in [0.5, 0.6) is 5.75 Å². The Morgan fingerprint density at radius 1 is 1.27 bits per heavy atom. The molecular formula is C12H18BrNO. The molecule has 15 heavy (non-hydrogen) atoms. The van der Waals surface area contributed by atoms with Crippen molar-refractivity contribution in [3.8, 4) is 5.75 Å². The Bertz CT molecular complexity index is 302. The van der Waals surface area contributed by atoms with Gasteiger partial charge in [0, 0.05) is 11.0 Å². The maximum absolute atomic E-state index is 5.74. The van der Waals surface area contributed by atoms with Gasteiger partial charge in [0.1, 0.15) is 12.4 Å². The van der Waals surface area contributed by atoms with E-state index in [0.717, 1.165) is 29.9 Å². The van der Waals surface area contributed by atoms with Crippen LogP contribution < -0.4 is 10.1 Å². The Balaban J connectivity index is 2.60. The van der Waals surface area contributed by atoms with Crippen LogP contribution in [0.1, 0.15) is 18.1 Å². The Kier molecular flexibility index (Phi) is 5.12. The van der Waals surface area contributed by atoms with Crippen molar-refractivity contribution < 1.29 is 4.74 Å². The standard InChI is InChI=1S/C12H18BrNO/c1-4-14-5-6-15-12-9(2)7-11(13)8-10(12)3/h7-8,14H,4-6H2,1-3H3. The van der Waals surface area contributed by atoms with E-state index in [2.05, 4.69) is 54.2 Å². The monoisotopic (exact) mass is 271 g/mol. The zero-order valence-electron chi connectivity index (χ0n) is 9.56. The van der Waals surface area contributed by atoms with E-state index in [-0.39, 0.29) is 0 Å². The van der Waals surface area contributed by atoms with Crippen molar-refractivity contribution in [2.24, 2.45) is 0 Å². The molecule has 84 valence electrons. The topological polar surface area (TPSA) is 21.3 Å². The molecule has 1 aromatic rings. The lowest BCUT2D eigenvalue weighted by Crippen LogP contribution is -2.20. The SMILES string of the molecule is CCNCCOc1c(C)cc(Br)cc1C. The van der Waals surface area contributed by atoms with Crippen LogP contribution in [-0.2, 0) is 0 Å². The van der Waals surface area contributed by atoms with Gasteiger partial charge in [-0.05, 0) is 43.7 Å². The number of likely N-dealkylation sites (N-methyl/N-ethyl adjacent to an activating group) is 1. The molecule has 0 aromatic heterocycles. The highest BCUT2D eigenvalue weighted by Gasteiger charge is 2.04. The average molecular weight is 272 g/mol. The van der Waals surface area contributed by atoms with Gasteiger partial charge in [-0.25, -0.2) is 0 Å². The predicted molar refractivity (Wildman–Crippen MR) is 67.7 cm³/mol. The summed E-state index contributed by atoms with van der Waals surface area (Å²) in [5, 5.41) is 3.23. The third-order valence-corrected chi connectivity index (χ3v) is 2.66. The minimum Gasteiger partial charge on any atom is -0.492 e. The first-order valence-electron chi connectivity index (χ1n) is 5.25. The number of ether oxygens (including phenoxy) is 1. The Labute approximate surface area is 100 Å². The molecule has 0 aliphatic heterocycles. The molecule has 3 heteroatoms. The van der Waals surface area contributed by atoms with Crippen LogP contribution in [0.15, 0.2) is 16.6 Å². The predicted octanol–water partition coefficient (Wildman–Crippen LogP) is 3.05. The van der Waals surface area contributed by atoms with Crippen LogP contribution in [0.25, 0.3) is 0 Å². The third kappa shape index (κ3) is 3.84. The molecule has 1 N–H and O–H groups in total. The first kappa shape index (κ1) is 12.5. The molecule has 2 nitrogen and oxygen atoms in total. The van der Waals surface area contributed by atoms with Gasteiger partial charge in [0.15, 0.2) is 0 Å². The Morgan fingerprint density at radius 3 is 2.40 bits per heavy atom. The van der Waals surface area contributed by atoms with Gasteiger partial charge in [-0.3, -0.25) is 0 Å². The molecule has 0 aliphatic carbocycles. The molecule has 0 saturated heterocycles. The summed E-state index contributed by atoms with van der Waals surface area (Å²) in [7, 11) is 0. The quantitative estimate of drug-likeness (QED) is 0.832. The second-order valence-corrected chi connectivity index (χ2v) is 4.49. The van der Waals surface area contributed by atoms with Crippen LogP contribution in [-0.4, -0.2) is 19.7 Å². The summed E-state index contributed by atoms with van der Waals surface area (Å²) in [5.41, 5.74) is 2.36. The Morgan fingerprint density at radius 2 is 1.87 bits per heavy atom. The van der Waals surface area contributed by atoms with Crippen LogP contribution in [0.4, 0.5) is 0 Å². The van der Waals surface area contributed by atoms with Crippen molar-refractivity contribution in [2.75, 3.05) is 19.7 Å². The summed E-state index contributed by atoms with van der Waals surface area (Å²) in [6.45, 7) is 8.83. The van der Waals surface area contributed by atoms with Crippen molar-refractivity contribution in [2.45, 2.75) is 20.8 Å². The van der Waals surface area contributed by atoms with Gasteiger partial charge in [-0.2, -0.15) is 0 Å². The fraction of sp³-hybridized carbons (Fsp3) is 0.500. The number of hydrogen-bond donors (Lipinski definition) is 1. The first-order chi connectivity index (χ1) is 7.15. The second-order valence-electron chi connectivity index (χ2n) is 3.57. The molecule has 0 fully saturated rings. The van der Waals surface area contributed by atoms with E-state index in [1.54, 1.807) is 0 Å². The second kappa shape index (κ2) is 6.13. The minimum absolute atomic E-state index is 0.719. The lowest BCUT2D eigenvalue weighted by atomic mass is 10.1. The summed E-state index contributed by atoms with van der Waals surface area (Å²) in [6.07, 6.45) is 0. The van der Waals surface area contributed by atoms with Crippen LogP contribution >= 0.6 is 15.9 Å². The smallest absolute Gasteiger partial charge is 0.125 e. The highest BCUT2D eigenvalue weighted by Crippen LogP contribution is 2.27. The molecule has 0 radical (unpaired) electrons. The van der Waals surface area contributed by atoms with Gasteiger partial charge < -0.3 is 10.1 Å². The molecule has 0 saturated carbocycles. The van der Waals surface area contributed by atoms with Crippen molar-refractivity contribution in [1.29, 1.82) is 0 Å². The van der Waals surface area contributed by atoms with Gasteiger partial charge in [-0.15, -0.1) is 0 Å². The van der Waals surface area contributed by atoms with Gasteiger partial charge in [-0.1, -0.05) is 22.9 Å². The molecular weight excluding hydrogens is 254 g/mol. The normalized spacial score (nSPS) is 10.4. The van der Waals surface area contributed by atoms with Gasteiger partial charge in [0.25, 0.3) is 0 Å². The van der Waals surface area contributed by atoms with E-state index in [1.165, 1.54) is 11.1 Å². The summed E-state index contributed by atoms with van der Waals surface area (Å²) in [5.74, 6) is 1.01. The van der Waals surface area contributed by atoms with Crippen molar-refractivity contribution in [1.82, 2.24) is 5.32 Å². The van der Waals surface area contributed by atoms with E-state index in [1.807, 2.05) is 0 Å². The van der Waals surface area contributed by atoms with Gasteiger partial charge in [0.2, 0.25) is 0 Å². The number of aryl methyl sites for hydroxylation is 2. The van der Waals surface area contributed by atoms with E-state index in [4.69, 9.17) is 4.74 Å². The molecule has 0 atom stereocenters. The summed E-state index contributed by atoms with van der Waals surface area (Å²) in [4.78, 5) is 0. The minimum atomic E-state index is 0.719. The lowest BCUT2D eigenvalue weighted by Gasteiger charge is -2.12. The molecule has 0 heterocycles.